The molecule has 2 heterocycles. The molecule has 1 aromatic carbocycles. The predicted octanol–water partition coefficient (Wildman–Crippen LogP) is 3.52. The number of halogens is 3. The number of aromatic amines is 1. The summed E-state index contributed by atoms with van der Waals surface area (Å²) < 4.78 is 54.0. The Morgan fingerprint density at radius 3 is 2.68 bits per heavy atom. The van der Waals surface area contributed by atoms with Crippen molar-refractivity contribution in [2.75, 3.05) is 6.61 Å². The van der Waals surface area contributed by atoms with Crippen LogP contribution in [0.25, 0.3) is 11.0 Å². The summed E-state index contributed by atoms with van der Waals surface area (Å²) in [5.74, 6) is 0.0607. The van der Waals surface area contributed by atoms with E-state index in [0.29, 0.717) is 22.1 Å². The third-order valence-corrected chi connectivity index (χ3v) is 4.43. The quantitative estimate of drug-likeness (QED) is 0.747. The summed E-state index contributed by atoms with van der Waals surface area (Å²) in [6.45, 7) is 0.247. The van der Waals surface area contributed by atoms with Crippen molar-refractivity contribution in [3.05, 3.63) is 47.8 Å². The van der Waals surface area contributed by atoms with Crippen LogP contribution in [0.1, 0.15) is 11.4 Å². The summed E-state index contributed by atoms with van der Waals surface area (Å²) in [5.41, 5.74) is 2.31. The molecule has 0 bridgehead atoms. The van der Waals surface area contributed by atoms with Crippen LogP contribution in [0.4, 0.5) is 13.2 Å². The number of nitrogens with one attached hydrogen (secondary N) is 1. The van der Waals surface area contributed by atoms with Crippen LogP contribution in [0, 0.1) is 6.92 Å². The van der Waals surface area contributed by atoms with E-state index in [-0.39, 0.29) is 11.5 Å². The van der Waals surface area contributed by atoms with Crippen molar-refractivity contribution in [2.24, 2.45) is 0 Å². The number of alkyl halides is 3. The average Bonchev–Trinajstić information content (AvgIpc) is 2.96. The first-order chi connectivity index (χ1) is 11.8. The molecule has 0 aliphatic carbocycles. The van der Waals surface area contributed by atoms with E-state index in [0.717, 1.165) is 5.52 Å². The lowest BCUT2D eigenvalue weighted by molar-refractivity contribution is -0.153. The number of para-hydroxylation sites is 2. The minimum absolute atomic E-state index is 0.0177. The van der Waals surface area contributed by atoms with Gasteiger partial charge >= 0.3 is 6.18 Å². The molecule has 2 aromatic heterocycles. The standard InChI is InChI=1S/C16H14F3N3O2S/c1-10-6-12(24-9-16(17,18)19)7-11(20-10)8-25(23)15-21-13-4-2-3-5-14(13)22-15/h2-7H,8-9H2,1H3,(H,21,22). The second-order valence-electron chi connectivity index (χ2n) is 5.39. The average molecular weight is 369 g/mol. The molecule has 0 saturated carbocycles. The van der Waals surface area contributed by atoms with Gasteiger partial charge < -0.3 is 9.72 Å². The van der Waals surface area contributed by atoms with E-state index in [2.05, 4.69) is 15.0 Å². The Morgan fingerprint density at radius 2 is 1.96 bits per heavy atom. The van der Waals surface area contributed by atoms with Crippen molar-refractivity contribution < 1.29 is 22.1 Å². The zero-order chi connectivity index (χ0) is 18.0. The van der Waals surface area contributed by atoms with E-state index >= 15 is 0 Å². The molecule has 0 fully saturated rings. The minimum atomic E-state index is -4.42. The van der Waals surface area contributed by atoms with Crippen LogP contribution in [0.2, 0.25) is 0 Å². The van der Waals surface area contributed by atoms with Crippen molar-refractivity contribution in [3.63, 3.8) is 0 Å². The van der Waals surface area contributed by atoms with Gasteiger partial charge in [-0.1, -0.05) is 12.1 Å². The van der Waals surface area contributed by atoms with E-state index in [1.54, 1.807) is 13.0 Å². The molecule has 0 saturated heterocycles. The normalized spacial score (nSPS) is 13.1. The maximum Gasteiger partial charge on any atom is 0.422 e. The van der Waals surface area contributed by atoms with E-state index in [1.807, 2.05) is 18.2 Å². The third-order valence-electron chi connectivity index (χ3n) is 3.24. The molecule has 0 aliphatic rings. The highest BCUT2D eigenvalue weighted by atomic mass is 32.2. The van der Waals surface area contributed by atoms with Gasteiger partial charge in [-0.15, -0.1) is 0 Å². The van der Waals surface area contributed by atoms with Crippen LogP contribution in [0.5, 0.6) is 5.75 Å². The smallest absolute Gasteiger partial charge is 0.422 e. The van der Waals surface area contributed by atoms with Gasteiger partial charge in [-0.25, -0.2) is 4.98 Å². The summed E-state index contributed by atoms with van der Waals surface area (Å²) in [6, 6.07) is 10.0. The van der Waals surface area contributed by atoms with Crippen molar-refractivity contribution >= 4 is 21.8 Å². The molecule has 5 nitrogen and oxygen atoms in total. The lowest BCUT2D eigenvalue weighted by atomic mass is 10.3. The first kappa shape index (κ1) is 17.4. The number of hydrogen-bond donors (Lipinski definition) is 1. The van der Waals surface area contributed by atoms with Crippen molar-refractivity contribution in [1.29, 1.82) is 0 Å². The van der Waals surface area contributed by atoms with Gasteiger partial charge in [-0.05, 0) is 19.1 Å². The summed E-state index contributed by atoms with van der Waals surface area (Å²) in [5, 5.41) is 0.294. The van der Waals surface area contributed by atoms with Crippen LogP contribution in [0.3, 0.4) is 0 Å². The Morgan fingerprint density at radius 1 is 1.20 bits per heavy atom. The molecule has 0 radical (unpaired) electrons. The van der Waals surface area contributed by atoms with Gasteiger partial charge in [0.25, 0.3) is 0 Å². The van der Waals surface area contributed by atoms with Crippen LogP contribution in [0.15, 0.2) is 41.6 Å². The third kappa shape index (κ3) is 4.56. The summed E-state index contributed by atoms with van der Waals surface area (Å²) in [7, 11) is -1.51. The number of H-pyrrole nitrogens is 1. The molecule has 1 N–H and O–H groups in total. The number of ether oxygens (including phenoxy) is 1. The highest BCUT2D eigenvalue weighted by Gasteiger charge is 2.28. The fraction of sp³-hybridized carbons (Fsp3) is 0.250. The molecule has 0 spiro atoms. The SMILES string of the molecule is Cc1cc(OCC(F)(F)F)cc(CS(=O)c2nc3ccccc3[nH]2)n1. The van der Waals surface area contributed by atoms with Gasteiger partial charge in [0.2, 0.25) is 0 Å². The lowest BCUT2D eigenvalue weighted by Crippen LogP contribution is -2.19. The highest BCUT2D eigenvalue weighted by molar-refractivity contribution is 7.84. The second-order valence-corrected chi connectivity index (χ2v) is 6.75. The molecular weight excluding hydrogens is 355 g/mol. The topological polar surface area (TPSA) is 67.9 Å². The van der Waals surface area contributed by atoms with Gasteiger partial charge in [-0.2, -0.15) is 13.2 Å². The number of hydrogen-bond acceptors (Lipinski definition) is 4. The highest BCUT2D eigenvalue weighted by Crippen LogP contribution is 2.21. The van der Waals surface area contributed by atoms with Crippen molar-refractivity contribution in [3.8, 4) is 5.75 Å². The van der Waals surface area contributed by atoms with Gasteiger partial charge in [0, 0.05) is 17.8 Å². The van der Waals surface area contributed by atoms with Crippen molar-refractivity contribution in [2.45, 2.75) is 24.0 Å². The van der Waals surface area contributed by atoms with Crippen LogP contribution in [-0.4, -0.2) is 31.9 Å². The molecule has 9 heteroatoms. The monoisotopic (exact) mass is 369 g/mol. The lowest BCUT2D eigenvalue weighted by Gasteiger charge is -2.10. The maximum atomic E-state index is 12.5. The Bertz CT molecular complexity index is 891. The molecule has 25 heavy (non-hydrogen) atoms. The fourth-order valence-electron chi connectivity index (χ4n) is 2.27. The van der Waals surface area contributed by atoms with Gasteiger partial charge in [0.1, 0.15) is 5.75 Å². The zero-order valence-electron chi connectivity index (χ0n) is 13.1. The number of nitrogens with zero attached hydrogens (tertiary/aromatic N) is 2. The number of aryl methyl sites for hydroxylation is 1. The first-order valence-electron chi connectivity index (χ1n) is 7.30. The molecule has 1 unspecified atom stereocenters. The van der Waals surface area contributed by atoms with E-state index in [9.17, 15) is 17.4 Å². The number of benzene rings is 1. The number of fused-ring (bicyclic) bond motifs is 1. The maximum absolute atomic E-state index is 12.5. The van der Waals surface area contributed by atoms with Crippen LogP contribution < -0.4 is 4.74 Å². The summed E-state index contributed by atoms with van der Waals surface area (Å²) in [6.07, 6.45) is -4.42. The fourth-order valence-corrected chi connectivity index (χ4v) is 3.24. The Hall–Kier alpha value is -2.42. The number of rotatable bonds is 5. The molecule has 1 atom stereocenters. The van der Waals surface area contributed by atoms with E-state index in [4.69, 9.17) is 4.74 Å². The molecular formula is C16H14F3N3O2S. The Balaban J connectivity index is 1.77. The molecule has 132 valence electrons. The van der Waals surface area contributed by atoms with Crippen LogP contribution >= 0.6 is 0 Å². The molecule has 3 aromatic rings. The Labute approximate surface area is 143 Å². The second kappa shape index (κ2) is 6.83. The van der Waals surface area contributed by atoms with Gasteiger partial charge in [0.15, 0.2) is 11.8 Å². The largest absolute Gasteiger partial charge is 0.484 e. The molecule has 3 rings (SSSR count). The summed E-state index contributed by atoms with van der Waals surface area (Å²) in [4.78, 5) is 11.4. The molecule has 0 aliphatic heterocycles. The number of aromatic nitrogens is 3. The van der Waals surface area contributed by atoms with E-state index < -0.39 is 23.6 Å². The predicted molar refractivity (Wildman–Crippen MR) is 86.7 cm³/mol. The van der Waals surface area contributed by atoms with Crippen LogP contribution in [-0.2, 0) is 16.6 Å². The zero-order valence-corrected chi connectivity index (χ0v) is 13.9. The Kier molecular flexibility index (Phi) is 4.76. The number of pyridine rings is 1. The van der Waals surface area contributed by atoms with Gasteiger partial charge in [0.05, 0.1) is 33.3 Å². The van der Waals surface area contributed by atoms with Gasteiger partial charge in [-0.3, -0.25) is 9.19 Å². The number of imidazole rings is 1. The first-order valence-corrected chi connectivity index (χ1v) is 8.62. The van der Waals surface area contributed by atoms with Crippen molar-refractivity contribution in [1.82, 2.24) is 15.0 Å². The summed E-state index contributed by atoms with van der Waals surface area (Å²) >= 11 is 0. The van der Waals surface area contributed by atoms with E-state index in [1.165, 1.54) is 12.1 Å². The minimum Gasteiger partial charge on any atom is -0.484 e. The molecule has 0 amide bonds.